The fraction of sp³-hybridized carbons (Fsp3) is 0.188. The Morgan fingerprint density at radius 1 is 1.15 bits per heavy atom. The number of rotatable bonds is 3. The van der Waals surface area contributed by atoms with Gasteiger partial charge in [-0.2, -0.15) is 0 Å². The molecule has 0 aliphatic heterocycles. The van der Waals surface area contributed by atoms with Gasteiger partial charge in [0, 0.05) is 0 Å². The molecule has 0 unspecified atom stereocenters. The van der Waals surface area contributed by atoms with E-state index in [2.05, 4.69) is 0 Å². The SMILES string of the molecule is COc1ccc(-c2cc(C(=O)O)c(C)cc2C)cc1Cl. The molecule has 0 saturated carbocycles. The van der Waals surface area contributed by atoms with Crippen LogP contribution in [0.3, 0.4) is 0 Å². The van der Waals surface area contributed by atoms with E-state index in [0.29, 0.717) is 16.3 Å². The lowest BCUT2D eigenvalue weighted by Crippen LogP contribution is -2.01. The van der Waals surface area contributed by atoms with Gasteiger partial charge in [0.25, 0.3) is 0 Å². The van der Waals surface area contributed by atoms with Crippen molar-refractivity contribution >= 4 is 17.6 Å². The summed E-state index contributed by atoms with van der Waals surface area (Å²) in [6, 6.07) is 8.98. The molecule has 0 aromatic heterocycles. The lowest BCUT2D eigenvalue weighted by atomic mass is 9.95. The zero-order valence-electron chi connectivity index (χ0n) is 11.5. The highest BCUT2D eigenvalue weighted by Crippen LogP contribution is 2.32. The molecule has 20 heavy (non-hydrogen) atoms. The Morgan fingerprint density at radius 3 is 2.40 bits per heavy atom. The van der Waals surface area contributed by atoms with Crippen LogP contribution in [-0.2, 0) is 0 Å². The average molecular weight is 291 g/mol. The van der Waals surface area contributed by atoms with Gasteiger partial charge >= 0.3 is 5.97 Å². The molecule has 0 radical (unpaired) electrons. The van der Waals surface area contributed by atoms with Gasteiger partial charge in [0.05, 0.1) is 17.7 Å². The van der Waals surface area contributed by atoms with Crippen LogP contribution in [0.15, 0.2) is 30.3 Å². The molecule has 2 rings (SSSR count). The number of halogens is 1. The molecule has 0 spiro atoms. The molecule has 4 heteroatoms. The van der Waals surface area contributed by atoms with Crippen molar-refractivity contribution in [2.75, 3.05) is 7.11 Å². The Kier molecular flexibility index (Phi) is 4.00. The molecular formula is C16H15ClO3. The number of hydrogen-bond acceptors (Lipinski definition) is 2. The number of methoxy groups -OCH3 is 1. The second kappa shape index (κ2) is 5.55. The van der Waals surface area contributed by atoms with Crippen LogP contribution in [0.2, 0.25) is 5.02 Å². The molecule has 0 saturated heterocycles. The number of carbonyl (C=O) groups is 1. The van der Waals surface area contributed by atoms with Gasteiger partial charge < -0.3 is 9.84 Å². The summed E-state index contributed by atoms with van der Waals surface area (Å²) in [7, 11) is 1.56. The normalized spacial score (nSPS) is 10.4. The second-order valence-electron chi connectivity index (χ2n) is 4.64. The lowest BCUT2D eigenvalue weighted by Gasteiger charge is -2.12. The van der Waals surface area contributed by atoms with E-state index >= 15 is 0 Å². The minimum absolute atomic E-state index is 0.303. The largest absolute Gasteiger partial charge is 0.495 e. The average Bonchev–Trinajstić information content (AvgIpc) is 2.38. The van der Waals surface area contributed by atoms with Crippen molar-refractivity contribution in [1.82, 2.24) is 0 Å². The fourth-order valence-corrected chi connectivity index (χ4v) is 2.49. The third-order valence-corrected chi connectivity index (χ3v) is 3.56. The molecule has 2 aromatic carbocycles. The van der Waals surface area contributed by atoms with Gasteiger partial charge in [-0.15, -0.1) is 0 Å². The topological polar surface area (TPSA) is 46.5 Å². The van der Waals surface area contributed by atoms with E-state index in [4.69, 9.17) is 16.3 Å². The van der Waals surface area contributed by atoms with E-state index in [-0.39, 0.29) is 0 Å². The first-order valence-electron chi connectivity index (χ1n) is 6.12. The first kappa shape index (κ1) is 14.4. The Morgan fingerprint density at radius 2 is 1.85 bits per heavy atom. The van der Waals surface area contributed by atoms with Crippen molar-refractivity contribution in [2.24, 2.45) is 0 Å². The summed E-state index contributed by atoms with van der Waals surface area (Å²) >= 11 is 6.12. The number of aryl methyl sites for hydroxylation is 2. The zero-order valence-corrected chi connectivity index (χ0v) is 12.3. The number of hydrogen-bond donors (Lipinski definition) is 1. The summed E-state index contributed by atoms with van der Waals surface area (Å²) in [6.45, 7) is 3.74. The van der Waals surface area contributed by atoms with Crippen molar-refractivity contribution in [1.29, 1.82) is 0 Å². The minimum Gasteiger partial charge on any atom is -0.495 e. The Balaban J connectivity index is 2.60. The van der Waals surface area contributed by atoms with Crippen LogP contribution in [0.4, 0.5) is 0 Å². The van der Waals surface area contributed by atoms with E-state index in [1.807, 2.05) is 19.1 Å². The summed E-state index contributed by atoms with van der Waals surface area (Å²) in [6.07, 6.45) is 0. The maximum absolute atomic E-state index is 11.2. The molecule has 104 valence electrons. The van der Waals surface area contributed by atoms with Gasteiger partial charge in [-0.25, -0.2) is 4.79 Å². The highest BCUT2D eigenvalue weighted by atomic mass is 35.5. The quantitative estimate of drug-likeness (QED) is 0.915. The predicted molar refractivity (Wildman–Crippen MR) is 79.9 cm³/mol. The number of carboxylic acid groups (broad SMARTS) is 1. The summed E-state index contributed by atoms with van der Waals surface area (Å²) in [5.41, 5.74) is 3.79. The summed E-state index contributed by atoms with van der Waals surface area (Å²) < 4.78 is 5.12. The van der Waals surface area contributed by atoms with Gasteiger partial charge in [-0.3, -0.25) is 0 Å². The molecule has 0 amide bonds. The van der Waals surface area contributed by atoms with Crippen molar-refractivity contribution in [2.45, 2.75) is 13.8 Å². The lowest BCUT2D eigenvalue weighted by molar-refractivity contribution is 0.0696. The van der Waals surface area contributed by atoms with E-state index in [0.717, 1.165) is 22.3 Å². The number of ether oxygens (including phenoxy) is 1. The monoisotopic (exact) mass is 290 g/mol. The molecule has 0 heterocycles. The van der Waals surface area contributed by atoms with Crippen LogP contribution in [0.25, 0.3) is 11.1 Å². The molecule has 2 aromatic rings. The summed E-state index contributed by atoms with van der Waals surface area (Å²) in [4.78, 5) is 11.2. The number of aromatic carboxylic acids is 1. The zero-order chi connectivity index (χ0) is 14.9. The van der Waals surface area contributed by atoms with Crippen LogP contribution in [0, 0.1) is 13.8 Å². The fourth-order valence-electron chi connectivity index (χ4n) is 2.23. The maximum Gasteiger partial charge on any atom is 0.335 e. The van der Waals surface area contributed by atoms with Crippen molar-refractivity contribution in [3.8, 4) is 16.9 Å². The van der Waals surface area contributed by atoms with Crippen LogP contribution in [0.5, 0.6) is 5.75 Å². The highest BCUT2D eigenvalue weighted by molar-refractivity contribution is 6.32. The smallest absolute Gasteiger partial charge is 0.335 e. The summed E-state index contributed by atoms with van der Waals surface area (Å²) in [5, 5.41) is 9.72. The Hall–Kier alpha value is -2.00. The Bertz CT molecular complexity index is 678. The van der Waals surface area contributed by atoms with E-state index in [9.17, 15) is 9.90 Å². The van der Waals surface area contributed by atoms with Gasteiger partial charge in [-0.1, -0.05) is 23.7 Å². The van der Waals surface area contributed by atoms with Crippen LogP contribution in [0.1, 0.15) is 21.5 Å². The van der Waals surface area contributed by atoms with Gasteiger partial charge in [-0.05, 0) is 54.3 Å². The standard InChI is InChI=1S/C16H15ClO3/c1-9-6-10(2)13(16(18)19)8-12(9)11-4-5-15(20-3)14(17)7-11/h4-8H,1-3H3,(H,18,19). The third-order valence-electron chi connectivity index (χ3n) is 3.26. The first-order valence-corrected chi connectivity index (χ1v) is 6.50. The van der Waals surface area contributed by atoms with Crippen molar-refractivity contribution < 1.29 is 14.6 Å². The van der Waals surface area contributed by atoms with Gasteiger partial charge in [0.1, 0.15) is 5.75 Å². The van der Waals surface area contributed by atoms with E-state index < -0.39 is 5.97 Å². The van der Waals surface area contributed by atoms with Crippen LogP contribution in [-0.4, -0.2) is 18.2 Å². The minimum atomic E-state index is -0.927. The molecule has 3 nitrogen and oxygen atoms in total. The molecular weight excluding hydrogens is 276 g/mol. The molecule has 0 aliphatic rings. The third kappa shape index (κ3) is 2.63. The summed E-state index contributed by atoms with van der Waals surface area (Å²) in [5.74, 6) is -0.331. The van der Waals surface area contributed by atoms with Gasteiger partial charge in [0.2, 0.25) is 0 Å². The van der Waals surface area contributed by atoms with Gasteiger partial charge in [0.15, 0.2) is 0 Å². The molecule has 1 N–H and O–H groups in total. The van der Waals surface area contributed by atoms with Crippen LogP contribution < -0.4 is 4.74 Å². The molecule has 0 bridgehead atoms. The van der Waals surface area contributed by atoms with Crippen molar-refractivity contribution in [3.63, 3.8) is 0 Å². The van der Waals surface area contributed by atoms with E-state index in [1.54, 1.807) is 32.2 Å². The number of carboxylic acids is 1. The predicted octanol–water partition coefficient (Wildman–Crippen LogP) is 4.33. The highest BCUT2D eigenvalue weighted by Gasteiger charge is 2.12. The van der Waals surface area contributed by atoms with Crippen LogP contribution >= 0.6 is 11.6 Å². The van der Waals surface area contributed by atoms with E-state index in [1.165, 1.54) is 0 Å². The maximum atomic E-state index is 11.2. The van der Waals surface area contributed by atoms with Crippen molar-refractivity contribution in [3.05, 3.63) is 52.0 Å². The Labute approximate surface area is 122 Å². The first-order chi connectivity index (χ1) is 9.43. The number of benzene rings is 2. The molecule has 0 fully saturated rings. The second-order valence-corrected chi connectivity index (χ2v) is 5.04. The molecule has 0 aliphatic carbocycles. The molecule has 0 atom stereocenters.